The molecule has 3 aromatic rings. The summed E-state index contributed by atoms with van der Waals surface area (Å²) >= 11 is 7.50. The summed E-state index contributed by atoms with van der Waals surface area (Å²) in [5.41, 5.74) is 4.92. The molecule has 2 aromatic carbocycles. The summed E-state index contributed by atoms with van der Waals surface area (Å²) in [6, 6.07) is 11.3. The van der Waals surface area contributed by atoms with Crippen LogP contribution in [0.2, 0.25) is 5.02 Å². The highest BCUT2D eigenvalue weighted by atomic mass is 35.5. The number of aromatic nitrogens is 1. The average Bonchev–Trinajstić information content (AvgIpc) is 2.87. The van der Waals surface area contributed by atoms with E-state index in [0.29, 0.717) is 11.6 Å². The monoisotopic (exact) mass is 290 g/mol. The normalized spacial score (nSPS) is 10.8. The quantitative estimate of drug-likeness (QED) is 0.757. The SMILES string of the molecule is Oc1ccc(CNc2ccc3ncsc3c2)cc1Cl. The van der Waals surface area contributed by atoms with Crippen molar-refractivity contribution in [1.82, 2.24) is 4.98 Å². The summed E-state index contributed by atoms with van der Waals surface area (Å²) in [7, 11) is 0. The van der Waals surface area contributed by atoms with Gasteiger partial charge >= 0.3 is 0 Å². The highest BCUT2D eigenvalue weighted by molar-refractivity contribution is 7.16. The summed E-state index contributed by atoms with van der Waals surface area (Å²) in [6.07, 6.45) is 0. The molecule has 0 saturated carbocycles. The Morgan fingerprint density at radius 1 is 1.21 bits per heavy atom. The summed E-state index contributed by atoms with van der Waals surface area (Å²) in [6.45, 7) is 0.657. The minimum atomic E-state index is 0.108. The van der Waals surface area contributed by atoms with Gasteiger partial charge in [-0.15, -0.1) is 11.3 Å². The van der Waals surface area contributed by atoms with Gasteiger partial charge in [0.15, 0.2) is 0 Å². The predicted octanol–water partition coefficient (Wildman–Crippen LogP) is 4.27. The number of anilines is 1. The van der Waals surface area contributed by atoms with Crippen molar-refractivity contribution in [1.29, 1.82) is 0 Å². The van der Waals surface area contributed by atoms with Gasteiger partial charge in [-0.1, -0.05) is 17.7 Å². The third-order valence-electron chi connectivity index (χ3n) is 2.84. The van der Waals surface area contributed by atoms with E-state index in [0.717, 1.165) is 21.5 Å². The summed E-state index contributed by atoms with van der Waals surface area (Å²) in [5.74, 6) is 0.108. The maximum atomic E-state index is 9.37. The molecule has 0 fully saturated rings. The average molecular weight is 291 g/mol. The van der Waals surface area contributed by atoms with Crippen LogP contribution in [0.4, 0.5) is 5.69 Å². The number of halogens is 1. The van der Waals surface area contributed by atoms with Gasteiger partial charge in [-0.2, -0.15) is 0 Å². The molecular weight excluding hydrogens is 280 g/mol. The van der Waals surface area contributed by atoms with Crippen molar-refractivity contribution >= 4 is 38.8 Å². The molecule has 0 atom stereocenters. The maximum Gasteiger partial charge on any atom is 0.134 e. The fourth-order valence-electron chi connectivity index (χ4n) is 1.83. The number of nitrogens with zero attached hydrogens (tertiary/aromatic N) is 1. The largest absolute Gasteiger partial charge is 0.506 e. The molecular formula is C14H11ClN2OS. The van der Waals surface area contributed by atoms with Crippen molar-refractivity contribution in [2.24, 2.45) is 0 Å². The smallest absolute Gasteiger partial charge is 0.134 e. The molecule has 96 valence electrons. The Hall–Kier alpha value is -1.78. The number of hydrogen-bond acceptors (Lipinski definition) is 4. The minimum Gasteiger partial charge on any atom is -0.506 e. The van der Waals surface area contributed by atoms with E-state index in [2.05, 4.69) is 16.4 Å². The van der Waals surface area contributed by atoms with Crippen molar-refractivity contribution in [3.63, 3.8) is 0 Å². The molecule has 1 aromatic heterocycles. The molecule has 0 unspecified atom stereocenters. The fourth-order valence-corrected chi connectivity index (χ4v) is 2.75. The molecule has 0 saturated heterocycles. The zero-order valence-electron chi connectivity index (χ0n) is 9.93. The van der Waals surface area contributed by atoms with E-state index in [4.69, 9.17) is 11.6 Å². The van der Waals surface area contributed by atoms with Gasteiger partial charge in [-0.05, 0) is 35.9 Å². The van der Waals surface area contributed by atoms with Crippen molar-refractivity contribution in [3.05, 3.63) is 52.5 Å². The van der Waals surface area contributed by atoms with Crippen LogP contribution in [0.15, 0.2) is 41.9 Å². The van der Waals surface area contributed by atoms with Gasteiger partial charge in [-0.25, -0.2) is 4.98 Å². The van der Waals surface area contributed by atoms with Crippen LogP contribution in [-0.2, 0) is 6.54 Å². The van der Waals surface area contributed by atoms with Gasteiger partial charge in [0, 0.05) is 12.2 Å². The highest BCUT2D eigenvalue weighted by Gasteiger charge is 2.01. The van der Waals surface area contributed by atoms with Crippen molar-refractivity contribution in [2.45, 2.75) is 6.54 Å². The fraction of sp³-hybridized carbons (Fsp3) is 0.0714. The zero-order valence-corrected chi connectivity index (χ0v) is 11.5. The molecule has 0 radical (unpaired) electrons. The second-order valence-corrected chi connectivity index (χ2v) is 5.47. The third-order valence-corrected chi connectivity index (χ3v) is 3.93. The van der Waals surface area contributed by atoms with Crippen LogP contribution in [0.5, 0.6) is 5.75 Å². The first-order valence-electron chi connectivity index (χ1n) is 5.77. The van der Waals surface area contributed by atoms with E-state index in [1.54, 1.807) is 23.5 Å². The first kappa shape index (κ1) is 12.3. The van der Waals surface area contributed by atoms with Gasteiger partial charge in [0.2, 0.25) is 0 Å². The zero-order chi connectivity index (χ0) is 13.2. The Bertz CT molecular complexity index is 726. The van der Waals surface area contributed by atoms with Crippen molar-refractivity contribution < 1.29 is 5.11 Å². The van der Waals surface area contributed by atoms with Gasteiger partial charge in [0.05, 0.1) is 20.7 Å². The lowest BCUT2D eigenvalue weighted by Crippen LogP contribution is -1.98. The van der Waals surface area contributed by atoms with Crippen LogP contribution in [-0.4, -0.2) is 10.1 Å². The molecule has 0 aliphatic carbocycles. The Morgan fingerprint density at radius 2 is 2.11 bits per heavy atom. The Kier molecular flexibility index (Phi) is 3.27. The molecule has 0 aliphatic heterocycles. The van der Waals surface area contributed by atoms with Crippen LogP contribution >= 0.6 is 22.9 Å². The van der Waals surface area contributed by atoms with Gasteiger partial charge in [-0.3, -0.25) is 0 Å². The minimum absolute atomic E-state index is 0.108. The highest BCUT2D eigenvalue weighted by Crippen LogP contribution is 2.25. The van der Waals surface area contributed by atoms with Crippen LogP contribution in [0.3, 0.4) is 0 Å². The van der Waals surface area contributed by atoms with Crippen LogP contribution in [0.25, 0.3) is 10.2 Å². The van der Waals surface area contributed by atoms with Crippen LogP contribution in [0, 0.1) is 0 Å². The molecule has 0 aliphatic rings. The molecule has 3 nitrogen and oxygen atoms in total. The van der Waals surface area contributed by atoms with E-state index in [1.165, 1.54) is 0 Å². The summed E-state index contributed by atoms with van der Waals surface area (Å²) < 4.78 is 1.16. The molecule has 0 spiro atoms. The summed E-state index contributed by atoms with van der Waals surface area (Å²) in [4.78, 5) is 4.24. The molecule has 3 rings (SSSR count). The Morgan fingerprint density at radius 3 is 2.95 bits per heavy atom. The lowest BCUT2D eigenvalue weighted by atomic mass is 10.2. The number of aromatic hydroxyl groups is 1. The van der Waals surface area contributed by atoms with E-state index in [1.807, 2.05) is 23.7 Å². The second-order valence-electron chi connectivity index (χ2n) is 4.17. The number of rotatable bonds is 3. The number of hydrogen-bond donors (Lipinski definition) is 2. The van der Waals surface area contributed by atoms with Gasteiger partial charge in [0.1, 0.15) is 5.75 Å². The number of phenolic OH excluding ortho intramolecular Hbond substituents is 1. The number of thiazole rings is 1. The predicted molar refractivity (Wildman–Crippen MR) is 80.1 cm³/mol. The van der Waals surface area contributed by atoms with E-state index < -0.39 is 0 Å². The number of benzene rings is 2. The second kappa shape index (κ2) is 5.07. The van der Waals surface area contributed by atoms with Crippen LogP contribution in [0.1, 0.15) is 5.56 Å². The maximum absolute atomic E-state index is 9.37. The number of nitrogens with one attached hydrogen (secondary N) is 1. The van der Waals surface area contributed by atoms with E-state index in [9.17, 15) is 5.11 Å². The van der Waals surface area contributed by atoms with Gasteiger partial charge in [0.25, 0.3) is 0 Å². The van der Waals surface area contributed by atoms with Crippen molar-refractivity contribution in [2.75, 3.05) is 5.32 Å². The molecule has 5 heteroatoms. The molecule has 0 bridgehead atoms. The number of fused-ring (bicyclic) bond motifs is 1. The Balaban J connectivity index is 1.75. The summed E-state index contributed by atoms with van der Waals surface area (Å²) in [5, 5.41) is 13.1. The number of phenols is 1. The first-order valence-corrected chi connectivity index (χ1v) is 7.03. The lowest BCUT2D eigenvalue weighted by Gasteiger charge is -2.07. The van der Waals surface area contributed by atoms with Crippen LogP contribution < -0.4 is 5.32 Å². The standard InChI is InChI=1S/C14H11ClN2OS/c15-11-5-9(1-4-13(11)18)7-16-10-2-3-12-14(6-10)19-8-17-12/h1-6,8,16,18H,7H2. The molecule has 0 amide bonds. The Labute approximate surface area is 119 Å². The molecule has 19 heavy (non-hydrogen) atoms. The van der Waals surface area contributed by atoms with E-state index in [-0.39, 0.29) is 5.75 Å². The lowest BCUT2D eigenvalue weighted by molar-refractivity contribution is 0.475. The molecule has 2 N–H and O–H groups in total. The first-order chi connectivity index (χ1) is 9.22. The topological polar surface area (TPSA) is 45.1 Å². The van der Waals surface area contributed by atoms with Gasteiger partial charge < -0.3 is 10.4 Å². The third kappa shape index (κ3) is 2.64. The van der Waals surface area contributed by atoms with E-state index >= 15 is 0 Å². The molecule has 1 heterocycles. The van der Waals surface area contributed by atoms with Crippen molar-refractivity contribution in [3.8, 4) is 5.75 Å².